The van der Waals surface area contributed by atoms with E-state index in [-0.39, 0.29) is 11.5 Å². The third kappa shape index (κ3) is 1.81. The molecule has 0 unspecified atom stereocenters. The maximum absolute atomic E-state index is 12.0. The van der Waals surface area contributed by atoms with Crippen LogP contribution < -0.4 is 4.84 Å². The van der Waals surface area contributed by atoms with Crippen molar-refractivity contribution in [3.8, 4) is 11.5 Å². The van der Waals surface area contributed by atoms with Crippen molar-refractivity contribution in [2.75, 3.05) is 0 Å². The van der Waals surface area contributed by atoms with Crippen LogP contribution in [0.25, 0.3) is 0 Å². The summed E-state index contributed by atoms with van der Waals surface area (Å²) in [7, 11) is 0. The molecule has 0 radical (unpaired) electrons. The van der Waals surface area contributed by atoms with Gasteiger partial charge in [0.2, 0.25) is 0 Å². The van der Waals surface area contributed by atoms with E-state index in [0.29, 0.717) is 16.2 Å². The Morgan fingerprint density at radius 2 is 1.53 bits per heavy atom. The summed E-state index contributed by atoms with van der Waals surface area (Å²) < 4.78 is 0. The first-order valence-corrected chi connectivity index (χ1v) is 5.61. The van der Waals surface area contributed by atoms with E-state index in [9.17, 15) is 14.7 Å². The molecular weight excluding hydrogens is 246 g/mol. The predicted octanol–water partition coefficient (Wildman–Crippen LogP) is 1.98. The van der Waals surface area contributed by atoms with Gasteiger partial charge in [-0.15, -0.1) is 0 Å². The SMILES string of the molecule is O=C1c2ccccc2C(=O)N1Oc1cccc(O)c1. The molecule has 1 heterocycles. The molecule has 0 saturated heterocycles. The minimum absolute atomic E-state index is 0.00545. The summed E-state index contributed by atoms with van der Waals surface area (Å²) in [5.74, 6) is -0.809. The van der Waals surface area contributed by atoms with Gasteiger partial charge >= 0.3 is 0 Å². The van der Waals surface area contributed by atoms with Crippen LogP contribution in [0, 0.1) is 0 Å². The zero-order valence-electron chi connectivity index (χ0n) is 9.74. The van der Waals surface area contributed by atoms with Crippen LogP contribution in [0.4, 0.5) is 0 Å². The van der Waals surface area contributed by atoms with Crippen LogP contribution in [-0.2, 0) is 0 Å². The highest BCUT2D eigenvalue weighted by Gasteiger charge is 2.37. The number of imide groups is 1. The number of amides is 2. The van der Waals surface area contributed by atoms with Crippen LogP contribution in [0.15, 0.2) is 48.5 Å². The second-order valence-electron chi connectivity index (χ2n) is 4.04. The van der Waals surface area contributed by atoms with E-state index in [1.807, 2.05) is 0 Å². The van der Waals surface area contributed by atoms with Gasteiger partial charge in [-0.25, -0.2) is 0 Å². The lowest BCUT2D eigenvalue weighted by molar-refractivity contribution is -0.0142. The molecule has 1 aliphatic rings. The molecule has 0 aliphatic carbocycles. The number of aromatic hydroxyl groups is 1. The summed E-state index contributed by atoms with van der Waals surface area (Å²) in [6, 6.07) is 12.4. The zero-order valence-corrected chi connectivity index (χ0v) is 9.74. The number of carbonyl (C=O) groups is 2. The Bertz CT molecular complexity index is 646. The lowest BCUT2D eigenvalue weighted by Crippen LogP contribution is -2.33. The van der Waals surface area contributed by atoms with Gasteiger partial charge in [0, 0.05) is 6.07 Å². The van der Waals surface area contributed by atoms with Crippen molar-refractivity contribution in [1.82, 2.24) is 5.06 Å². The Hall–Kier alpha value is -2.82. The summed E-state index contributed by atoms with van der Waals surface area (Å²) in [4.78, 5) is 29.3. The van der Waals surface area contributed by atoms with Crippen LogP contribution >= 0.6 is 0 Å². The van der Waals surface area contributed by atoms with Gasteiger partial charge < -0.3 is 9.94 Å². The summed E-state index contributed by atoms with van der Waals surface area (Å²) in [5, 5.41) is 10.0. The predicted molar refractivity (Wildman–Crippen MR) is 65.7 cm³/mol. The average Bonchev–Trinajstić information content (AvgIpc) is 2.65. The molecule has 0 spiro atoms. The zero-order chi connectivity index (χ0) is 13.4. The van der Waals surface area contributed by atoms with Crippen molar-refractivity contribution < 1.29 is 19.5 Å². The minimum Gasteiger partial charge on any atom is -0.508 e. The van der Waals surface area contributed by atoms with E-state index < -0.39 is 11.8 Å². The first-order chi connectivity index (χ1) is 9.16. The van der Waals surface area contributed by atoms with Crippen LogP contribution in [-0.4, -0.2) is 22.0 Å². The first kappa shape index (κ1) is 11.3. The molecule has 5 heteroatoms. The molecule has 0 aromatic heterocycles. The van der Waals surface area contributed by atoms with Gasteiger partial charge in [-0.2, -0.15) is 0 Å². The van der Waals surface area contributed by atoms with Gasteiger partial charge in [0.05, 0.1) is 11.1 Å². The molecule has 3 rings (SSSR count). The number of phenols is 1. The smallest absolute Gasteiger partial charge is 0.295 e. The molecular formula is C14H9NO4. The number of hydroxylamine groups is 2. The number of nitrogens with zero attached hydrogens (tertiary/aromatic N) is 1. The molecule has 0 bridgehead atoms. The number of fused-ring (bicyclic) bond motifs is 1. The van der Waals surface area contributed by atoms with Crippen molar-refractivity contribution in [3.63, 3.8) is 0 Å². The molecule has 94 valence electrons. The van der Waals surface area contributed by atoms with E-state index in [1.165, 1.54) is 12.1 Å². The van der Waals surface area contributed by atoms with Crippen molar-refractivity contribution in [1.29, 1.82) is 0 Å². The van der Waals surface area contributed by atoms with Crippen molar-refractivity contribution in [2.45, 2.75) is 0 Å². The fourth-order valence-corrected chi connectivity index (χ4v) is 1.90. The van der Waals surface area contributed by atoms with Gasteiger partial charge in [0.1, 0.15) is 5.75 Å². The fourth-order valence-electron chi connectivity index (χ4n) is 1.90. The summed E-state index contributed by atoms with van der Waals surface area (Å²) >= 11 is 0. The van der Waals surface area contributed by atoms with E-state index in [0.717, 1.165) is 0 Å². The second-order valence-corrected chi connectivity index (χ2v) is 4.04. The Labute approximate surface area is 108 Å². The molecule has 2 amide bonds. The third-order valence-electron chi connectivity index (χ3n) is 2.77. The molecule has 1 aliphatic heterocycles. The fraction of sp³-hybridized carbons (Fsp3) is 0. The Balaban J connectivity index is 1.92. The van der Waals surface area contributed by atoms with Gasteiger partial charge in [0.15, 0.2) is 5.75 Å². The van der Waals surface area contributed by atoms with Crippen LogP contribution in [0.2, 0.25) is 0 Å². The number of hydrogen-bond acceptors (Lipinski definition) is 4. The second kappa shape index (κ2) is 4.13. The minimum atomic E-state index is -0.510. The lowest BCUT2D eigenvalue weighted by atomic mass is 10.1. The average molecular weight is 255 g/mol. The van der Waals surface area contributed by atoms with Gasteiger partial charge in [-0.05, 0) is 24.3 Å². The number of carbonyl (C=O) groups excluding carboxylic acids is 2. The molecule has 0 saturated carbocycles. The van der Waals surface area contributed by atoms with Gasteiger partial charge in [-0.1, -0.05) is 23.3 Å². The van der Waals surface area contributed by atoms with E-state index in [4.69, 9.17) is 4.84 Å². The standard InChI is InChI=1S/C14H9NO4/c16-9-4-3-5-10(8-9)19-15-13(17)11-6-1-2-7-12(11)14(15)18/h1-8,16H. The van der Waals surface area contributed by atoms with Gasteiger partial charge in [-0.3, -0.25) is 9.59 Å². The Kier molecular flexibility index (Phi) is 2.45. The van der Waals surface area contributed by atoms with E-state index >= 15 is 0 Å². The third-order valence-corrected chi connectivity index (χ3v) is 2.77. The summed E-state index contributed by atoms with van der Waals surface area (Å²) in [6.45, 7) is 0. The molecule has 19 heavy (non-hydrogen) atoms. The topological polar surface area (TPSA) is 66.8 Å². The number of benzene rings is 2. The van der Waals surface area contributed by atoms with Crippen molar-refractivity contribution in [2.24, 2.45) is 0 Å². The van der Waals surface area contributed by atoms with Crippen LogP contribution in [0.5, 0.6) is 11.5 Å². The maximum Gasteiger partial charge on any atom is 0.295 e. The van der Waals surface area contributed by atoms with E-state index in [2.05, 4.69) is 0 Å². The Morgan fingerprint density at radius 3 is 2.11 bits per heavy atom. The van der Waals surface area contributed by atoms with Crippen molar-refractivity contribution >= 4 is 11.8 Å². The van der Waals surface area contributed by atoms with Gasteiger partial charge in [0.25, 0.3) is 11.8 Å². The summed E-state index contributed by atoms with van der Waals surface area (Å²) in [5.41, 5.74) is 0.625. The first-order valence-electron chi connectivity index (χ1n) is 5.61. The lowest BCUT2D eigenvalue weighted by Gasteiger charge is -2.14. The van der Waals surface area contributed by atoms with Crippen LogP contribution in [0.1, 0.15) is 20.7 Å². The molecule has 0 fully saturated rings. The highest BCUT2D eigenvalue weighted by molar-refractivity contribution is 6.20. The molecule has 2 aromatic rings. The van der Waals surface area contributed by atoms with Crippen LogP contribution in [0.3, 0.4) is 0 Å². The molecule has 1 N–H and O–H groups in total. The van der Waals surface area contributed by atoms with Crippen molar-refractivity contribution in [3.05, 3.63) is 59.7 Å². The van der Waals surface area contributed by atoms with E-state index in [1.54, 1.807) is 36.4 Å². The Morgan fingerprint density at radius 1 is 0.895 bits per heavy atom. The highest BCUT2D eigenvalue weighted by Crippen LogP contribution is 2.25. The monoisotopic (exact) mass is 255 g/mol. The normalized spacial score (nSPS) is 13.6. The largest absolute Gasteiger partial charge is 0.508 e. The highest BCUT2D eigenvalue weighted by atomic mass is 16.7. The number of hydrogen-bond donors (Lipinski definition) is 1. The molecule has 2 aromatic carbocycles. The molecule has 5 nitrogen and oxygen atoms in total. The summed E-state index contributed by atoms with van der Waals surface area (Å²) in [6.07, 6.45) is 0. The number of rotatable bonds is 2. The maximum atomic E-state index is 12.0. The quantitative estimate of drug-likeness (QED) is 0.833. The molecule has 0 atom stereocenters. The number of phenolic OH excluding ortho intramolecular Hbond substituents is 1.